The highest BCUT2D eigenvalue weighted by Crippen LogP contribution is 2.36. The summed E-state index contributed by atoms with van der Waals surface area (Å²) in [6, 6.07) is 0.326. The minimum absolute atomic E-state index is 0.0138. The van der Waals surface area contributed by atoms with Gasteiger partial charge < -0.3 is 15.3 Å². The van der Waals surface area contributed by atoms with Gasteiger partial charge in [0, 0.05) is 19.1 Å². The number of nitrogens with one attached hydrogen (secondary N) is 1. The summed E-state index contributed by atoms with van der Waals surface area (Å²) in [6.45, 7) is 5.52. The number of likely N-dealkylation sites (tertiary alicyclic amines) is 1. The molecule has 1 saturated carbocycles. The van der Waals surface area contributed by atoms with E-state index in [1.54, 1.807) is 4.90 Å². The van der Waals surface area contributed by atoms with Gasteiger partial charge in [-0.25, -0.2) is 4.79 Å². The van der Waals surface area contributed by atoms with E-state index in [9.17, 15) is 9.59 Å². The van der Waals surface area contributed by atoms with Gasteiger partial charge in [0.05, 0.1) is 5.92 Å². The third-order valence-corrected chi connectivity index (χ3v) is 4.14. The molecule has 2 amide bonds. The SMILES string of the molecule is CC(C)C[C@@H]1C[C@H]1NC(=O)N1CCC(C(=O)O)CC1. The molecule has 0 unspecified atom stereocenters. The molecule has 2 aliphatic rings. The highest BCUT2D eigenvalue weighted by atomic mass is 16.4. The molecule has 108 valence electrons. The standard InChI is InChI=1S/C14H24N2O3/c1-9(2)7-11-8-12(11)15-14(19)16-5-3-10(4-6-16)13(17)18/h9-12H,3-8H2,1-2H3,(H,15,19)(H,17,18)/t11-,12-/m1/s1. The fourth-order valence-electron chi connectivity index (χ4n) is 2.87. The number of carboxylic acids is 1. The molecule has 2 atom stereocenters. The van der Waals surface area contributed by atoms with Crippen molar-refractivity contribution in [3.63, 3.8) is 0 Å². The molecule has 0 aromatic rings. The molecule has 0 aromatic heterocycles. The van der Waals surface area contributed by atoms with Gasteiger partial charge >= 0.3 is 12.0 Å². The number of nitrogens with zero attached hydrogens (tertiary/aromatic N) is 1. The first kappa shape index (κ1) is 14.2. The number of hydrogen-bond acceptors (Lipinski definition) is 2. The van der Waals surface area contributed by atoms with Crippen LogP contribution in [0.1, 0.15) is 39.5 Å². The van der Waals surface area contributed by atoms with Gasteiger partial charge in [0.15, 0.2) is 0 Å². The van der Waals surface area contributed by atoms with Gasteiger partial charge in [-0.3, -0.25) is 4.79 Å². The third kappa shape index (κ3) is 3.85. The molecular weight excluding hydrogens is 244 g/mol. The number of urea groups is 1. The number of hydrogen-bond donors (Lipinski definition) is 2. The van der Waals surface area contributed by atoms with Gasteiger partial charge in [0.1, 0.15) is 0 Å². The number of carbonyl (C=O) groups excluding carboxylic acids is 1. The smallest absolute Gasteiger partial charge is 0.317 e. The summed E-state index contributed by atoms with van der Waals surface area (Å²) < 4.78 is 0. The average molecular weight is 268 g/mol. The molecule has 2 N–H and O–H groups in total. The Morgan fingerprint density at radius 2 is 1.95 bits per heavy atom. The number of amides is 2. The molecule has 1 heterocycles. The topological polar surface area (TPSA) is 69.6 Å². The van der Waals surface area contributed by atoms with Crippen LogP contribution in [0.3, 0.4) is 0 Å². The highest BCUT2D eigenvalue weighted by Gasteiger charge is 2.39. The van der Waals surface area contributed by atoms with Crippen LogP contribution >= 0.6 is 0 Å². The lowest BCUT2D eigenvalue weighted by Gasteiger charge is -2.30. The van der Waals surface area contributed by atoms with Crippen molar-refractivity contribution in [2.75, 3.05) is 13.1 Å². The molecule has 0 radical (unpaired) electrons. The Balaban J connectivity index is 1.70. The molecule has 2 rings (SSSR count). The molecule has 5 nitrogen and oxygen atoms in total. The van der Waals surface area contributed by atoms with Gasteiger partial charge in [0.2, 0.25) is 0 Å². The van der Waals surface area contributed by atoms with Crippen molar-refractivity contribution < 1.29 is 14.7 Å². The summed E-state index contributed by atoms with van der Waals surface area (Å²) in [5.74, 6) is 0.302. The van der Waals surface area contributed by atoms with E-state index < -0.39 is 5.97 Å². The fourth-order valence-corrected chi connectivity index (χ4v) is 2.87. The predicted molar refractivity (Wildman–Crippen MR) is 71.8 cm³/mol. The van der Waals surface area contributed by atoms with E-state index in [0.717, 1.165) is 6.42 Å². The summed E-state index contributed by atoms with van der Waals surface area (Å²) in [7, 11) is 0. The van der Waals surface area contributed by atoms with Crippen LogP contribution in [0.15, 0.2) is 0 Å². The Bertz CT molecular complexity index is 349. The van der Waals surface area contributed by atoms with Crippen molar-refractivity contribution in [1.82, 2.24) is 10.2 Å². The Morgan fingerprint density at radius 3 is 2.47 bits per heavy atom. The second kappa shape index (κ2) is 5.80. The Morgan fingerprint density at radius 1 is 1.32 bits per heavy atom. The second-order valence-corrected chi connectivity index (χ2v) is 6.28. The summed E-state index contributed by atoms with van der Waals surface area (Å²) in [6.07, 6.45) is 3.41. The van der Waals surface area contributed by atoms with Crippen LogP contribution in [-0.2, 0) is 4.79 Å². The van der Waals surface area contributed by atoms with E-state index in [-0.39, 0.29) is 11.9 Å². The predicted octanol–water partition coefficient (Wildman–Crippen LogP) is 1.93. The molecule has 1 aliphatic heterocycles. The molecule has 5 heteroatoms. The van der Waals surface area contributed by atoms with Crippen molar-refractivity contribution in [1.29, 1.82) is 0 Å². The van der Waals surface area contributed by atoms with E-state index in [4.69, 9.17) is 5.11 Å². The van der Waals surface area contributed by atoms with Gasteiger partial charge in [-0.15, -0.1) is 0 Å². The largest absolute Gasteiger partial charge is 0.481 e. The molecular formula is C14H24N2O3. The first-order valence-electron chi connectivity index (χ1n) is 7.25. The third-order valence-electron chi connectivity index (χ3n) is 4.14. The van der Waals surface area contributed by atoms with E-state index in [2.05, 4.69) is 19.2 Å². The van der Waals surface area contributed by atoms with Gasteiger partial charge in [-0.2, -0.15) is 0 Å². The first-order chi connectivity index (χ1) is 8.97. The fraction of sp³-hybridized carbons (Fsp3) is 0.857. The zero-order valence-electron chi connectivity index (χ0n) is 11.8. The van der Waals surface area contributed by atoms with Gasteiger partial charge in [-0.1, -0.05) is 13.8 Å². The lowest BCUT2D eigenvalue weighted by molar-refractivity contribution is -0.143. The Labute approximate surface area is 114 Å². The highest BCUT2D eigenvalue weighted by molar-refractivity contribution is 5.76. The quantitative estimate of drug-likeness (QED) is 0.818. The molecule has 1 saturated heterocycles. The maximum Gasteiger partial charge on any atom is 0.317 e. The monoisotopic (exact) mass is 268 g/mol. The number of carbonyl (C=O) groups is 2. The number of piperidine rings is 1. The van der Waals surface area contributed by atoms with E-state index in [1.165, 1.54) is 6.42 Å². The minimum atomic E-state index is -0.737. The number of aliphatic carboxylic acids is 1. The number of rotatable bonds is 4. The van der Waals surface area contributed by atoms with Crippen LogP contribution in [0.25, 0.3) is 0 Å². The Hall–Kier alpha value is -1.26. The molecule has 1 aliphatic carbocycles. The zero-order valence-corrected chi connectivity index (χ0v) is 11.8. The van der Waals surface area contributed by atoms with Gasteiger partial charge in [0.25, 0.3) is 0 Å². The lowest BCUT2D eigenvalue weighted by Crippen LogP contribution is -2.46. The first-order valence-corrected chi connectivity index (χ1v) is 7.25. The van der Waals surface area contributed by atoms with Crippen molar-refractivity contribution in [3.05, 3.63) is 0 Å². The molecule has 0 spiro atoms. The lowest BCUT2D eigenvalue weighted by atomic mass is 9.97. The molecule has 2 fully saturated rings. The molecule has 0 bridgehead atoms. The zero-order chi connectivity index (χ0) is 14.0. The van der Waals surface area contributed by atoms with Gasteiger partial charge in [-0.05, 0) is 37.5 Å². The molecule has 0 aromatic carbocycles. The maximum atomic E-state index is 12.0. The van der Waals surface area contributed by atoms with Crippen LogP contribution < -0.4 is 5.32 Å². The molecule has 19 heavy (non-hydrogen) atoms. The van der Waals surface area contributed by atoms with Crippen LogP contribution in [0.4, 0.5) is 4.79 Å². The Kier molecular flexibility index (Phi) is 4.32. The minimum Gasteiger partial charge on any atom is -0.481 e. The van der Waals surface area contributed by atoms with Crippen molar-refractivity contribution in [2.45, 2.75) is 45.6 Å². The van der Waals surface area contributed by atoms with Crippen LogP contribution in [0.2, 0.25) is 0 Å². The van der Waals surface area contributed by atoms with Crippen molar-refractivity contribution in [2.24, 2.45) is 17.8 Å². The van der Waals surface area contributed by atoms with Crippen molar-refractivity contribution in [3.8, 4) is 0 Å². The summed E-state index contributed by atoms with van der Waals surface area (Å²) in [5.41, 5.74) is 0. The summed E-state index contributed by atoms with van der Waals surface area (Å²) in [5, 5.41) is 12.0. The van der Waals surface area contributed by atoms with E-state index >= 15 is 0 Å². The van der Waals surface area contributed by atoms with Crippen LogP contribution in [-0.4, -0.2) is 41.1 Å². The van der Waals surface area contributed by atoms with E-state index in [1.807, 2.05) is 0 Å². The normalized spacial score (nSPS) is 27.4. The van der Waals surface area contributed by atoms with E-state index in [0.29, 0.717) is 43.8 Å². The van der Waals surface area contributed by atoms with Crippen molar-refractivity contribution >= 4 is 12.0 Å². The van der Waals surface area contributed by atoms with Crippen LogP contribution in [0.5, 0.6) is 0 Å². The number of carboxylic acid groups (broad SMARTS) is 1. The van der Waals surface area contributed by atoms with Crippen LogP contribution in [0, 0.1) is 17.8 Å². The maximum absolute atomic E-state index is 12.0. The second-order valence-electron chi connectivity index (χ2n) is 6.28. The average Bonchev–Trinajstić information content (AvgIpc) is 3.06. The summed E-state index contributed by atoms with van der Waals surface area (Å²) in [4.78, 5) is 24.6. The summed E-state index contributed by atoms with van der Waals surface area (Å²) >= 11 is 0.